The third-order valence-corrected chi connectivity index (χ3v) is 0. The molecule has 0 spiro atoms. The molecule has 0 unspecified atom stereocenters. The van der Waals surface area contributed by atoms with Gasteiger partial charge in [0.2, 0.25) is 0 Å². The molecule has 0 aromatic carbocycles. The van der Waals surface area contributed by atoms with E-state index >= 15 is 0 Å². The largest absolute Gasteiger partial charge is 3.00 e. The van der Waals surface area contributed by atoms with Crippen molar-refractivity contribution in [3.05, 3.63) is 19.9 Å². The SMILES string of the molecule is [C-]#N.[C-]#[O+].[C-]#[O+].[Fe+3].[Ni]. The van der Waals surface area contributed by atoms with Crippen molar-refractivity contribution in [2.24, 2.45) is 0 Å². The second-order valence-corrected chi connectivity index (χ2v) is 0. The molecule has 0 aromatic heterocycles. The van der Waals surface area contributed by atoms with Crippen molar-refractivity contribution >= 4 is 0 Å². The molecule has 0 aliphatic rings. The molecule has 45 valence electrons. The van der Waals surface area contributed by atoms with Gasteiger partial charge < -0.3 is 11.8 Å². The second kappa shape index (κ2) is 864000. The summed E-state index contributed by atoms with van der Waals surface area (Å²) in [4.78, 5) is 0. The molecular formula is C3FeNNiO2+2. The van der Waals surface area contributed by atoms with Crippen LogP contribution in [0.2, 0.25) is 0 Å². The molecule has 3 nitrogen and oxygen atoms in total. The molecule has 1 radical (unpaired) electrons. The van der Waals surface area contributed by atoms with Gasteiger partial charge in [0.05, 0.1) is 0 Å². The zero-order chi connectivity index (χ0) is 6.00. The Kier molecular flexibility index (Phi) is 4720000. The molecule has 0 aliphatic carbocycles. The number of rotatable bonds is 0. The maximum Gasteiger partial charge on any atom is 3.00 e. The van der Waals surface area contributed by atoms with E-state index in [1.54, 1.807) is 0 Å². The number of hydrogen-bond acceptors (Lipinski definition) is 1. The molecule has 0 aromatic rings. The van der Waals surface area contributed by atoms with E-state index in [4.69, 9.17) is 21.1 Å². The summed E-state index contributed by atoms with van der Waals surface area (Å²) in [5.74, 6) is 0. The van der Waals surface area contributed by atoms with E-state index in [0.717, 1.165) is 0 Å². The Bertz CT molecular complexity index is 45.8. The average Bonchev–Trinajstić information content (AvgIpc) is 1.81. The van der Waals surface area contributed by atoms with Gasteiger partial charge in [-0.3, -0.25) is 0 Å². The summed E-state index contributed by atoms with van der Waals surface area (Å²) in [5, 5.41) is 6.25. The molecule has 0 saturated heterocycles. The van der Waals surface area contributed by atoms with Gasteiger partial charge in [-0.05, 0) is 0 Å². The summed E-state index contributed by atoms with van der Waals surface area (Å²) >= 11 is 0. The maximum absolute atomic E-state index is 7.50. The first kappa shape index (κ1) is 43.7. The quantitative estimate of drug-likeness (QED) is 0.306. The molecule has 8 heavy (non-hydrogen) atoms. The molecule has 0 atom stereocenters. The van der Waals surface area contributed by atoms with Crippen LogP contribution in [0.25, 0.3) is 0 Å². The van der Waals surface area contributed by atoms with Crippen LogP contribution in [0.4, 0.5) is 0 Å². The number of hydrogen-bond donors (Lipinski definition) is 0. The first-order valence-corrected chi connectivity index (χ1v) is 0.632. The van der Waals surface area contributed by atoms with E-state index in [9.17, 15) is 0 Å². The molecular weight excluding hydrogens is 197 g/mol. The van der Waals surface area contributed by atoms with Crippen molar-refractivity contribution in [2.45, 2.75) is 0 Å². The Hall–Kier alpha value is -0.0170. The van der Waals surface area contributed by atoms with Gasteiger partial charge in [-0.15, -0.1) is 0 Å². The molecule has 0 bridgehead atoms. The van der Waals surface area contributed by atoms with Gasteiger partial charge in [-0.25, -0.2) is 0 Å². The van der Waals surface area contributed by atoms with Crippen LogP contribution in [0.1, 0.15) is 0 Å². The summed E-state index contributed by atoms with van der Waals surface area (Å²) in [6, 6.07) is 0. The van der Waals surface area contributed by atoms with Gasteiger partial charge >= 0.3 is 39.7 Å². The summed E-state index contributed by atoms with van der Waals surface area (Å²) in [6.45, 7) is 13.8. The Balaban J connectivity index is -0.00000000500. The fourth-order valence-electron chi connectivity index (χ4n) is 0. The third-order valence-electron chi connectivity index (χ3n) is 0. The topological polar surface area (TPSA) is 63.6 Å². The van der Waals surface area contributed by atoms with Gasteiger partial charge in [0, 0.05) is 16.5 Å². The Morgan fingerprint density at radius 2 is 0.875 bits per heavy atom. The molecule has 0 heterocycles. The van der Waals surface area contributed by atoms with E-state index in [1.807, 2.05) is 0 Å². The van der Waals surface area contributed by atoms with Crippen LogP contribution in [0, 0.1) is 25.1 Å². The van der Waals surface area contributed by atoms with E-state index in [1.165, 1.54) is 0 Å². The van der Waals surface area contributed by atoms with Crippen molar-refractivity contribution in [3.63, 3.8) is 0 Å². The van der Waals surface area contributed by atoms with E-state index in [2.05, 4.69) is 13.3 Å². The Morgan fingerprint density at radius 3 is 0.875 bits per heavy atom. The molecule has 5 heteroatoms. The fourth-order valence-corrected chi connectivity index (χ4v) is 0. The van der Waals surface area contributed by atoms with E-state index < -0.39 is 0 Å². The summed E-state index contributed by atoms with van der Waals surface area (Å²) < 4.78 is 15.0. The first-order valence-electron chi connectivity index (χ1n) is 0.632. The maximum atomic E-state index is 7.50. The normalized spacial score (nSPS) is 0.750. The minimum absolute atomic E-state index is 0. The van der Waals surface area contributed by atoms with Gasteiger partial charge in [0.1, 0.15) is 0 Å². The van der Waals surface area contributed by atoms with E-state index in [0.29, 0.717) is 0 Å². The van der Waals surface area contributed by atoms with Gasteiger partial charge in [-0.1, -0.05) is 0 Å². The van der Waals surface area contributed by atoms with Crippen molar-refractivity contribution in [2.75, 3.05) is 0 Å². The molecule has 0 saturated carbocycles. The van der Waals surface area contributed by atoms with Crippen molar-refractivity contribution < 1.29 is 42.9 Å². The van der Waals surface area contributed by atoms with Gasteiger partial charge in [0.25, 0.3) is 0 Å². The summed E-state index contributed by atoms with van der Waals surface area (Å²) in [5.41, 5.74) is 0. The first-order chi connectivity index (χ1) is 3.00. The molecule has 0 amide bonds. The van der Waals surface area contributed by atoms with Crippen molar-refractivity contribution in [1.82, 2.24) is 0 Å². The van der Waals surface area contributed by atoms with Crippen LogP contribution in [-0.2, 0) is 42.9 Å². The van der Waals surface area contributed by atoms with Crippen LogP contribution in [0.3, 0.4) is 0 Å². The minimum Gasteiger partial charge on any atom is 0 e. The predicted molar refractivity (Wildman–Crippen MR) is 12.8 cm³/mol. The second-order valence-electron chi connectivity index (χ2n) is 0. The van der Waals surface area contributed by atoms with Crippen LogP contribution in [0.15, 0.2) is 0 Å². The monoisotopic (exact) mass is 196 g/mol. The van der Waals surface area contributed by atoms with Gasteiger partial charge in [0.15, 0.2) is 0 Å². The van der Waals surface area contributed by atoms with Crippen LogP contribution >= 0.6 is 0 Å². The summed E-state index contributed by atoms with van der Waals surface area (Å²) in [7, 11) is 0. The predicted octanol–water partition coefficient (Wildman–Crippen LogP) is 0.0163. The Morgan fingerprint density at radius 1 is 0.875 bits per heavy atom. The van der Waals surface area contributed by atoms with Crippen LogP contribution < -0.4 is 0 Å². The van der Waals surface area contributed by atoms with Crippen LogP contribution in [0.5, 0.6) is 0 Å². The standard InChI is InChI=1S/CN.2CO.Fe.Ni/c3*1-2;;/q-1;;;+3;. The fraction of sp³-hybridized carbons (Fsp3) is 0. The van der Waals surface area contributed by atoms with Crippen molar-refractivity contribution in [1.29, 1.82) is 5.26 Å². The molecule has 0 rings (SSSR count). The Labute approximate surface area is 68.3 Å². The zero-order valence-corrected chi connectivity index (χ0v) is 5.53. The number of nitrogens with zero attached hydrogens (tertiary/aromatic N) is 1. The molecule has 0 aliphatic heterocycles. The minimum atomic E-state index is 0. The third kappa shape index (κ3) is 513000. The van der Waals surface area contributed by atoms with Crippen LogP contribution in [-0.4, -0.2) is 0 Å². The van der Waals surface area contributed by atoms with E-state index in [-0.39, 0.29) is 33.6 Å². The van der Waals surface area contributed by atoms with Gasteiger partial charge in [-0.2, -0.15) is 0 Å². The van der Waals surface area contributed by atoms with Crippen molar-refractivity contribution in [3.8, 4) is 0 Å². The molecule has 0 N–H and O–H groups in total. The summed E-state index contributed by atoms with van der Waals surface area (Å²) in [6.07, 6.45) is 0. The smallest absolute Gasteiger partial charge is 0 e. The molecule has 0 fully saturated rings. The average molecular weight is 197 g/mol. The zero-order valence-electron chi connectivity index (χ0n) is 3.43.